The van der Waals surface area contributed by atoms with Crippen molar-refractivity contribution in [1.82, 2.24) is 10.2 Å². The first-order valence-electron chi connectivity index (χ1n) is 6.74. The highest BCUT2D eigenvalue weighted by atomic mass is 16.3. The van der Waals surface area contributed by atoms with Gasteiger partial charge in [-0.25, -0.2) is 0 Å². The number of rotatable bonds is 5. The predicted molar refractivity (Wildman–Crippen MR) is 66.5 cm³/mol. The highest BCUT2D eigenvalue weighted by Crippen LogP contribution is 2.39. The molecule has 0 aromatic rings. The van der Waals surface area contributed by atoms with Gasteiger partial charge in [0.1, 0.15) is 0 Å². The fraction of sp³-hybridized carbons (Fsp3) is 1.00. The van der Waals surface area contributed by atoms with Crippen LogP contribution in [0.3, 0.4) is 0 Å². The number of hydrogen-bond acceptors (Lipinski definition) is 3. The van der Waals surface area contributed by atoms with Gasteiger partial charge in [-0.05, 0) is 51.7 Å². The fourth-order valence-corrected chi connectivity index (χ4v) is 3.05. The summed E-state index contributed by atoms with van der Waals surface area (Å²) in [5, 5.41) is 13.0. The van der Waals surface area contributed by atoms with E-state index in [9.17, 15) is 5.11 Å². The van der Waals surface area contributed by atoms with Crippen molar-refractivity contribution in [2.24, 2.45) is 11.3 Å². The van der Waals surface area contributed by atoms with Gasteiger partial charge in [-0.2, -0.15) is 0 Å². The number of hydrogen-bond donors (Lipinski definition) is 2. The highest BCUT2D eigenvalue weighted by Gasteiger charge is 2.35. The van der Waals surface area contributed by atoms with Crippen molar-refractivity contribution in [3.8, 4) is 0 Å². The molecular formula is C13H26N2O. The molecule has 0 bridgehead atoms. The zero-order valence-corrected chi connectivity index (χ0v) is 10.5. The number of aliphatic hydroxyl groups excluding tert-OH is 1. The van der Waals surface area contributed by atoms with E-state index in [0.29, 0.717) is 6.61 Å². The summed E-state index contributed by atoms with van der Waals surface area (Å²) in [5.74, 6) is 0.814. The SMILES string of the molecule is CN1CCCC(CNCC2(CO)CCC2)C1. The van der Waals surface area contributed by atoms with Gasteiger partial charge >= 0.3 is 0 Å². The number of likely N-dealkylation sites (tertiary alicyclic amines) is 1. The lowest BCUT2D eigenvalue weighted by atomic mass is 9.69. The average molecular weight is 226 g/mol. The summed E-state index contributed by atoms with van der Waals surface area (Å²) in [7, 11) is 2.22. The van der Waals surface area contributed by atoms with Crippen LogP contribution in [-0.4, -0.2) is 49.8 Å². The topological polar surface area (TPSA) is 35.5 Å². The van der Waals surface area contributed by atoms with E-state index in [1.54, 1.807) is 0 Å². The monoisotopic (exact) mass is 226 g/mol. The van der Waals surface area contributed by atoms with E-state index in [0.717, 1.165) is 19.0 Å². The van der Waals surface area contributed by atoms with Crippen LogP contribution in [0.25, 0.3) is 0 Å². The second kappa shape index (κ2) is 5.48. The molecule has 3 nitrogen and oxygen atoms in total. The van der Waals surface area contributed by atoms with Crippen molar-refractivity contribution in [3.63, 3.8) is 0 Å². The first-order valence-corrected chi connectivity index (χ1v) is 6.74. The van der Waals surface area contributed by atoms with Gasteiger partial charge in [0.25, 0.3) is 0 Å². The lowest BCUT2D eigenvalue weighted by Crippen LogP contribution is -2.45. The Morgan fingerprint density at radius 2 is 2.19 bits per heavy atom. The molecule has 3 heteroatoms. The van der Waals surface area contributed by atoms with Gasteiger partial charge in [0.05, 0.1) is 0 Å². The van der Waals surface area contributed by atoms with E-state index in [4.69, 9.17) is 0 Å². The Morgan fingerprint density at radius 3 is 2.75 bits per heavy atom. The zero-order valence-electron chi connectivity index (χ0n) is 10.5. The van der Waals surface area contributed by atoms with Gasteiger partial charge in [-0.3, -0.25) is 0 Å². The molecule has 1 aliphatic carbocycles. The summed E-state index contributed by atoms with van der Waals surface area (Å²) >= 11 is 0. The maximum absolute atomic E-state index is 9.37. The molecule has 0 radical (unpaired) electrons. The molecular weight excluding hydrogens is 200 g/mol. The molecule has 1 aliphatic heterocycles. The minimum Gasteiger partial charge on any atom is -0.396 e. The molecule has 1 atom stereocenters. The van der Waals surface area contributed by atoms with Crippen LogP contribution in [-0.2, 0) is 0 Å². The van der Waals surface area contributed by atoms with Crippen molar-refractivity contribution >= 4 is 0 Å². The summed E-state index contributed by atoms with van der Waals surface area (Å²) in [6.07, 6.45) is 6.42. The Labute approximate surface area is 99.2 Å². The van der Waals surface area contributed by atoms with Crippen molar-refractivity contribution in [1.29, 1.82) is 0 Å². The van der Waals surface area contributed by atoms with E-state index in [1.165, 1.54) is 45.2 Å². The molecule has 16 heavy (non-hydrogen) atoms. The molecule has 0 amide bonds. The van der Waals surface area contributed by atoms with Crippen LogP contribution in [0.1, 0.15) is 32.1 Å². The Hall–Kier alpha value is -0.120. The molecule has 0 aromatic carbocycles. The molecule has 0 spiro atoms. The quantitative estimate of drug-likeness (QED) is 0.736. The van der Waals surface area contributed by atoms with Gasteiger partial charge < -0.3 is 15.3 Å². The van der Waals surface area contributed by atoms with Gasteiger partial charge in [0.15, 0.2) is 0 Å². The third-order valence-electron chi connectivity index (χ3n) is 4.40. The Balaban J connectivity index is 1.63. The summed E-state index contributed by atoms with van der Waals surface area (Å²) < 4.78 is 0. The first kappa shape index (κ1) is 12.3. The number of aliphatic hydroxyl groups is 1. The smallest absolute Gasteiger partial charge is 0.0499 e. The van der Waals surface area contributed by atoms with Crippen molar-refractivity contribution in [3.05, 3.63) is 0 Å². The number of piperidine rings is 1. The van der Waals surface area contributed by atoms with E-state index in [2.05, 4.69) is 17.3 Å². The molecule has 1 saturated heterocycles. The van der Waals surface area contributed by atoms with E-state index in [-0.39, 0.29) is 5.41 Å². The molecule has 1 unspecified atom stereocenters. The summed E-state index contributed by atoms with van der Waals surface area (Å²) in [5.41, 5.74) is 0.237. The Morgan fingerprint density at radius 1 is 1.38 bits per heavy atom. The van der Waals surface area contributed by atoms with Crippen LogP contribution in [0.15, 0.2) is 0 Å². The molecule has 2 aliphatic rings. The summed E-state index contributed by atoms with van der Waals surface area (Å²) in [6, 6.07) is 0. The van der Waals surface area contributed by atoms with Gasteiger partial charge in [-0.15, -0.1) is 0 Å². The van der Waals surface area contributed by atoms with E-state index in [1.807, 2.05) is 0 Å². The Bertz CT molecular complexity index is 210. The van der Waals surface area contributed by atoms with Crippen LogP contribution in [0.4, 0.5) is 0 Å². The second-order valence-electron chi connectivity index (χ2n) is 5.91. The van der Waals surface area contributed by atoms with Crippen LogP contribution in [0.5, 0.6) is 0 Å². The molecule has 1 saturated carbocycles. The van der Waals surface area contributed by atoms with E-state index >= 15 is 0 Å². The minimum atomic E-state index is 0.237. The molecule has 94 valence electrons. The van der Waals surface area contributed by atoms with Crippen LogP contribution >= 0.6 is 0 Å². The molecule has 2 N–H and O–H groups in total. The average Bonchev–Trinajstić information content (AvgIpc) is 2.22. The third kappa shape index (κ3) is 2.96. The van der Waals surface area contributed by atoms with Gasteiger partial charge in [0, 0.05) is 25.1 Å². The highest BCUT2D eigenvalue weighted by molar-refractivity contribution is 4.89. The minimum absolute atomic E-state index is 0.237. The summed E-state index contributed by atoms with van der Waals surface area (Å²) in [4.78, 5) is 2.43. The Kier molecular flexibility index (Phi) is 4.22. The number of nitrogens with zero attached hydrogens (tertiary/aromatic N) is 1. The maximum Gasteiger partial charge on any atom is 0.0499 e. The van der Waals surface area contributed by atoms with Crippen LogP contribution in [0.2, 0.25) is 0 Å². The lowest BCUT2D eigenvalue weighted by molar-refractivity contribution is 0.0429. The fourth-order valence-electron chi connectivity index (χ4n) is 3.05. The van der Waals surface area contributed by atoms with Gasteiger partial charge in [0.2, 0.25) is 0 Å². The van der Waals surface area contributed by atoms with Crippen LogP contribution in [0, 0.1) is 11.3 Å². The summed E-state index contributed by atoms with van der Waals surface area (Å²) in [6.45, 7) is 5.01. The predicted octanol–water partition coefficient (Wildman–Crippen LogP) is 1.08. The van der Waals surface area contributed by atoms with Crippen molar-refractivity contribution < 1.29 is 5.11 Å². The van der Waals surface area contributed by atoms with Gasteiger partial charge in [-0.1, -0.05) is 6.42 Å². The largest absolute Gasteiger partial charge is 0.396 e. The first-order chi connectivity index (χ1) is 7.74. The molecule has 1 heterocycles. The van der Waals surface area contributed by atoms with E-state index < -0.39 is 0 Å². The number of nitrogens with one attached hydrogen (secondary N) is 1. The molecule has 2 rings (SSSR count). The third-order valence-corrected chi connectivity index (χ3v) is 4.40. The maximum atomic E-state index is 9.37. The lowest BCUT2D eigenvalue weighted by Gasteiger charge is -2.41. The van der Waals surface area contributed by atoms with Crippen molar-refractivity contribution in [2.45, 2.75) is 32.1 Å². The standard InChI is InChI=1S/C13H26N2O/c1-15-7-2-4-12(9-15)8-14-10-13(11-16)5-3-6-13/h12,14,16H,2-11H2,1H3. The molecule has 2 fully saturated rings. The van der Waals surface area contributed by atoms with Crippen molar-refractivity contribution in [2.75, 3.05) is 39.8 Å². The second-order valence-corrected chi connectivity index (χ2v) is 5.91. The molecule has 0 aromatic heterocycles. The normalized spacial score (nSPS) is 30.0. The zero-order chi connectivity index (χ0) is 11.4. The van der Waals surface area contributed by atoms with Crippen LogP contribution < -0.4 is 5.32 Å².